The molecule has 0 aliphatic rings. The summed E-state index contributed by atoms with van der Waals surface area (Å²) in [4.78, 5) is 12.6. The van der Waals surface area contributed by atoms with Gasteiger partial charge < -0.3 is 14.8 Å². The summed E-state index contributed by atoms with van der Waals surface area (Å²) in [6, 6.07) is 1.65. The lowest BCUT2D eigenvalue weighted by Crippen LogP contribution is -2.10. The molecule has 2 rings (SSSR count). The van der Waals surface area contributed by atoms with Gasteiger partial charge in [-0.25, -0.2) is 4.98 Å². The number of thiazole rings is 1. The molecule has 6 nitrogen and oxygen atoms in total. The third-order valence-corrected chi connectivity index (χ3v) is 3.22. The van der Waals surface area contributed by atoms with Crippen LogP contribution < -0.4 is 14.8 Å². The second kappa shape index (κ2) is 5.63. The summed E-state index contributed by atoms with van der Waals surface area (Å²) in [5, 5.41) is 6.06. The second-order valence-electron chi connectivity index (χ2n) is 3.51. The van der Waals surface area contributed by atoms with Crippen LogP contribution in [-0.4, -0.2) is 29.2 Å². The van der Waals surface area contributed by atoms with Gasteiger partial charge in [-0.3, -0.25) is 0 Å². The average Bonchev–Trinajstić information content (AvgIpc) is 2.92. The highest BCUT2D eigenvalue weighted by Crippen LogP contribution is 2.22. The maximum atomic E-state index is 5.09. The van der Waals surface area contributed by atoms with Gasteiger partial charge in [0.15, 0.2) is 0 Å². The number of nitrogens with one attached hydrogen (secondary N) is 1. The van der Waals surface area contributed by atoms with Crippen LogP contribution in [0.2, 0.25) is 0 Å². The predicted molar refractivity (Wildman–Crippen MR) is 69.3 cm³/mol. The number of hydrogen-bond acceptors (Lipinski definition) is 7. The molecule has 0 saturated carbocycles. The maximum Gasteiger partial charge on any atom is 0.229 e. The molecule has 0 saturated heterocycles. The van der Waals surface area contributed by atoms with E-state index in [0.29, 0.717) is 17.7 Å². The zero-order valence-electron chi connectivity index (χ0n) is 10.4. The largest absolute Gasteiger partial charge is 0.481 e. The first-order valence-corrected chi connectivity index (χ1v) is 6.24. The van der Waals surface area contributed by atoms with Crippen molar-refractivity contribution in [2.24, 2.45) is 0 Å². The Balaban J connectivity index is 2.17. The van der Waals surface area contributed by atoms with Gasteiger partial charge in [0, 0.05) is 11.6 Å². The van der Waals surface area contributed by atoms with Crippen molar-refractivity contribution in [3.05, 3.63) is 22.7 Å². The number of nitrogens with zero attached hydrogens (tertiary/aromatic N) is 3. The van der Waals surface area contributed by atoms with Gasteiger partial charge in [-0.15, -0.1) is 11.3 Å². The van der Waals surface area contributed by atoms with Crippen molar-refractivity contribution in [2.75, 3.05) is 19.5 Å². The van der Waals surface area contributed by atoms with Crippen molar-refractivity contribution in [2.45, 2.75) is 13.0 Å². The highest BCUT2D eigenvalue weighted by molar-refractivity contribution is 7.09. The zero-order valence-corrected chi connectivity index (χ0v) is 11.2. The molecule has 0 fully saturated rings. The fraction of sp³-hybridized carbons (Fsp3) is 0.364. The van der Waals surface area contributed by atoms with E-state index in [2.05, 4.69) is 20.3 Å². The first kappa shape index (κ1) is 12.6. The molecule has 1 unspecified atom stereocenters. The molecule has 0 radical (unpaired) electrons. The highest BCUT2D eigenvalue weighted by Gasteiger charge is 2.11. The molecule has 0 aliphatic carbocycles. The molecular formula is C11H14N4O2S. The number of rotatable bonds is 5. The lowest BCUT2D eigenvalue weighted by Gasteiger charge is -2.12. The molecular weight excluding hydrogens is 252 g/mol. The van der Waals surface area contributed by atoms with E-state index >= 15 is 0 Å². The van der Waals surface area contributed by atoms with E-state index in [1.807, 2.05) is 12.3 Å². The summed E-state index contributed by atoms with van der Waals surface area (Å²) < 4.78 is 10.2. The summed E-state index contributed by atoms with van der Waals surface area (Å²) in [7, 11) is 3.10. The molecule has 0 aromatic carbocycles. The van der Waals surface area contributed by atoms with Gasteiger partial charge in [-0.05, 0) is 6.92 Å². The second-order valence-corrected chi connectivity index (χ2v) is 4.44. The first-order chi connectivity index (χ1) is 8.72. The Hall–Kier alpha value is -1.89. The Bertz CT molecular complexity index is 481. The number of hydrogen-bond donors (Lipinski definition) is 1. The van der Waals surface area contributed by atoms with Crippen molar-refractivity contribution in [1.29, 1.82) is 0 Å². The van der Waals surface area contributed by atoms with Crippen molar-refractivity contribution < 1.29 is 9.47 Å². The molecule has 0 amide bonds. The molecule has 7 heteroatoms. The van der Waals surface area contributed by atoms with Gasteiger partial charge in [-0.1, -0.05) is 0 Å². The van der Waals surface area contributed by atoms with Crippen molar-refractivity contribution in [3.63, 3.8) is 0 Å². The van der Waals surface area contributed by atoms with Crippen LogP contribution in [0, 0.1) is 0 Å². The third-order valence-electron chi connectivity index (χ3n) is 2.26. The first-order valence-electron chi connectivity index (χ1n) is 5.36. The molecule has 0 spiro atoms. The minimum Gasteiger partial charge on any atom is -0.481 e. The van der Waals surface area contributed by atoms with Crippen molar-refractivity contribution in [3.8, 4) is 11.8 Å². The standard InChI is InChI=1S/C11H14N4O2S/c1-7(10-12-4-5-18-10)13-11-14-8(16-2)6-9(15-11)17-3/h4-7H,1-3H3,(H,13,14,15). The molecule has 0 bridgehead atoms. The summed E-state index contributed by atoms with van der Waals surface area (Å²) in [6.45, 7) is 1.99. The van der Waals surface area contributed by atoms with Gasteiger partial charge >= 0.3 is 0 Å². The molecule has 2 aromatic heterocycles. The summed E-state index contributed by atoms with van der Waals surface area (Å²) in [5.74, 6) is 1.36. The van der Waals surface area contributed by atoms with E-state index in [4.69, 9.17) is 9.47 Å². The van der Waals surface area contributed by atoms with Crippen LogP contribution in [0.4, 0.5) is 5.95 Å². The zero-order chi connectivity index (χ0) is 13.0. The quantitative estimate of drug-likeness (QED) is 0.894. The minimum atomic E-state index is 0.0295. The Labute approximate surface area is 109 Å². The van der Waals surface area contributed by atoms with Gasteiger partial charge in [0.05, 0.1) is 26.3 Å². The Morgan fingerprint density at radius 3 is 2.39 bits per heavy atom. The van der Waals surface area contributed by atoms with Crippen LogP contribution in [0.15, 0.2) is 17.6 Å². The fourth-order valence-corrected chi connectivity index (χ4v) is 2.03. The average molecular weight is 266 g/mol. The fourth-order valence-electron chi connectivity index (χ4n) is 1.38. The molecule has 1 N–H and O–H groups in total. The number of anilines is 1. The summed E-state index contributed by atoms with van der Waals surface area (Å²) >= 11 is 1.58. The van der Waals surface area contributed by atoms with E-state index in [1.165, 1.54) is 0 Å². The predicted octanol–water partition coefficient (Wildman–Crippen LogP) is 2.12. The maximum absolute atomic E-state index is 5.09. The topological polar surface area (TPSA) is 69.2 Å². The van der Waals surface area contributed by atoms with Crippen molar-refractivity contribution >= 4 is 17.3 Å². The molecule has 0 aliphatic heterocycles. The van der Waals surface area contributed by atoms with E-state index < -0.39 is 0 Å². The van der Waals surface area contributed by atoms with Crippen LogP contribution >= 0.6 is 11.3 Å². The lowest BCUT2D eigenvalue weighted by molar-refractivity contribution is 0.372. The number of ether oxygens (including phenoxy) is 2. The van der Waals surface area contributed by atoms with Crippen LogP contribution in [0.1, 0.15) is 18.0 Å². The van der Waals surface area contributed by atoms with Gasteiger partial charge in [0.25, 0.3) is 0 Å². The Kier molecular flexibility index (Phi) is 3.93. The lowest BCUT2D eigenvalue weighted by atomic mass is 10.3. The third kappa shape index (κ3) is 2.86. The van der Waals surface area contributed by atoms with Gasteiger partial charge in [0.1, 0.15) is 5.01 Å². The summed E-state index contributed by atoms with van der Waals surface area (Å²) in [6.07, 6.45) is 1.77. The molecule has 1 atom stereocenters. The highest BCUT2D eigenvalue weighted by atomic mass is 32.1. The van der Waals surface area contributed by atoms with Crippen LogP contribution in [0.25, 0.3) is 0 Å². The molecule has 2 aromatic rings. The minimum absolute atomic E-state index is 0.0295. The van der Waals surface area contributed by atoms with E-state index in [0.717, 1.165) is 5.01 Å². The summed E-state index contributed by atoms with van der Waals surface area (Å²) in [5.41, 5.74) is 0. The molecule has 2 heterocycles. The van der Waals surface area contributed by atoms with E-state index in [9.17, 15) is 0 Å². The smallest absolute Gasteiger partial charge is 0.229 e. The van der Waals surface area contributed by atoms with Crippen LogP contribution in [0.5, 0.6) is 11.8 Å². The van der Waals surface area contributed by atoms with Crippen LogP contribution in [0.3, 0.4) is 0 Å². The Morgan fingerprint density at radius 2 is 1.89 bits per heavy atom. The Morgan fingerprint density at radius 1 is 1.22 bits per heavy atom. The van der Waals surface area contributed by atoms with Crippen molar-refractivity contribution in [1.82, 2.24) is 15.0 Å². The van der Waals surface area contributed by atoms with E-state index in [1.54, 1.807) is 37.8 Å². The van der Waals surface area contributed by atoms with Crippen LogP contribution in [-0.2, 0) is 0 Å². The van der Waals surface area contributed by atoms with Gasteiger partial charge in [-0.2, -0.15) is 9.97 Å². The van der Waals surface area contributed by atoms with E-state index in [-0.39, 0.29) is 6.04 Å². The molecule has 96 valence electrons. The normalized spacial score (nSPS) is 11.9. The molecule has 18 heavy (non-hydrogen) atoms. The number of aromatic nitrogens is 3. The monoisotopic (exact) mass is 266 g/mol. The number of methoxy groups -OCH3 is 2. The van der Waals surface area contributed by atoms with Gasteiger partial charge in [0.2, 0.25) is 17.7 Å². The SMILES string of the molecule is COc1cc(OC)nc(NC(C)c2nccs2)n1.